The molecule has 3 aromatic rings. The van der Waals surface area contributed by atoms with E-state index >= 15 is 0 Å². The maximum absolute atomic E-state index is 11.6. The van der Waals surface area contributed by atoms with Crippen molar-refractivity contribution < 1.29 is 4.42 Å². The van der Waals surface area contributed by atoms with Crippen molar-refractivity contribution >= 4 is 27.3 Å². The molecule has 0 N–H and O–H groups in total. The predicted molar refractivity (Wildman–Crippen MR) is 77.9 cm³/mol. The van der Waals surface area contributed by atoms with Gasteiger partial charge in [0.2, 0.25) is 0 Å². The van der Waals surface area contributed by atoms with Crippen molar-refractivity contribution in [2.75, 3.05) is 0 Å². The minimum atomic E-state index is -0.408. The smallest absolute Gasteiger partial charge is 0.416 e. The summed E-state index contributed by atoms with van der Waals surface area (Å²) < 4.78 is 7.34. The maximum atomic E-state index is 11.6. The average Bonchev–Trinajstić information content (AvgIpc) is 2.98. The zero-order chi connectivity index (χ0) is 13.4. The lowest BCUT2D eigenvalue weighted by atomic mass is 10.2. The summed E-state index contributed by atoms with van der Waals surface area (Å²) in [5.74, 6) is -0.408. The Morgan fingerprint density at radius 3 is 2.68 bits per heavy atom. The number of oxazole rings is 1. The first-order valence-electron chi connectivity index (χ1n) is 5.54. The van der Waals surface area contributed by atoms with E-state index in [1.807, 2.05) is 36.6 Å². The SMILES string of the molecule is Cc1coc(=O)n1-c1nc(-c2ccc(Br)cc2)cs1. The zero-order valence-corrected chi connectivity index (χ0v) is 12.4. The molecule has 0 saturated heterocycles. The van der Waals surface area contributed by atoms with Crippen molar-refractivity contribution in [1.82, 2.24) is 9.55 Å². The first kappa shape index (κ1) is 12.4. The van der Waals surface area contributed by atoms with Gasteiger partial charge in [0.1, 0.15) is 6.26 Å². The molecule has 0 aliphatic heterocycles. The number of aromatic nitrogens is 2. The van der Waals surface area contributed by atoms with Crippen LogP contribution in [0.4, 0.5) is 0 Å². The Balaban J connectivity index is 2.05. The summed E-state index contributed by atoms with van der Waals surface area (Å²) in [5.41, 5.74) is 2.60. The number of hydrogen-bond donors (Lipinski definition) is 0. The Labute approximate surface area is 121 Å². The monoisotopic (exact) mass is 336 g/mol. The van der Waals surface area contributed by atoms with Crippen LogP contribution in [-0.4, -0.2) is 9.55 Å². The van der Waals surface area contributed by atoms with Gasteiger partial charge < -0.3 is 4.42 Å². The fourth-order valence-corrected chi connectivity index (χ4v) is 2.88. The molecule has 0 amide bonds. The van der Waals surface area contributed by atoms with Crippen LogP contribution < -0.4 is 5.76 Å². The minimum absolute atomic E-state index is 0.408. The van der Waals surface area contributed by atoms with E-state index in [9.17, 15) is 4.79 Å². The van der Waals surface area contributed by atoms with Gasteiger partial charge in [-0.1, -0.05) is 28.1 Å². The predicted octanol–water partition coefficient (Wildman–Crippen LogP) is 3.62. The third-order valence-electron chi connectivity index (χ3n) is 2.69. The van der Waals surface area contributed by atoms with E-state index in [0.29, 0.717) is 5.13 Å². The van der Waals surface area contributed by atoms with E-state index in [-0.39, 0.29) is 0 Å². The molecule has 0 unspecified atom stereocenters. The van der Waals surface area contributed by atoms with E-state index in [1.54, 1.807) is 0 Å². The number of rotatable bonds is 2. The molecule has 0 aliphatic rings. The number of benzene rings is 1. The normalized spacial score (nSPS) is 10.8. The van der Waals surface area contributed by atoms with Crippen LogP contribution in [0.25, 0.3) is 16.4 Å². The second kappa shape index (κ2) is 4.79. The van der Waals surface area contributed by atoms with Crippen LogP contribution in [-0.2, 0) is 0 Å². The van der Waals surface area contributed by atoms with Gasteiger partial charge in [-0.25, -0.2) is 14.3 Å². The molecular weight excluding hydrogens is 328 g/mol. The summed E-state index contributed by atoms with van der Waals surface area (Å²) in [4.78, 5) is 16.1. The zero-order valence-electron chi connectivity index (χ0n) is 9.96. The van der Waals surface area contributed by atoms with Gasteiger partial charge in [0.25, 0.3) is 0 Å². The van der Waals surface area contributed by atoms with Crippen molar-refractivity contribution in [3.63, 3.8) is 0 Å². The Kier molecular flexibility index (Phi) is 3.12. The highest BCUT2D eigenvalue weighted by Crippen LogP contribution is 2.25. The summed E-state index contributed by atoms with van der Waals surface area (Å²) >= 11 is 4.81. The fraction of sp³-hybridized carbons (Fsp3) is 0.0769. The molecular formula is C13H9BrN2O2S. The quantitative estimate of drug-likeness (QED) is 0.718. The van der Waals surface area contributed by atoms with Crippen LogP contribution in [0.3, 0.4) is 0 Å². The average molecular weight is 337 g/mol. The lowest BCUT2D eigenvalue weighted by molar-refractivity contribution is 0.504. The number of hydrogen-bond acceptors (Lipinski definition) is 4. The van der Waals surface area contributed by atoms with Crippen molar-refractivity contribution in [1.29, 1.82) is 0 Å². The Hall–Kier alpha value is -1.66. The number of halogens is 1. The molecule has 0 aliphatic carbocycles. The van der Waals surface area contributed by atoms with Crippen molar-refractivity contribution in [3.8, 4) is 16.4 Å². The van der Waals surface area contributed by atoms with Crippen molar-refractivity contribution in [2.24, 2.45) is 0 Å². The maximum Gasteiger partial charge on any atom is 0.425 e. The molecule has 6 heteroatoms. The first-order chi connectivity index (χ1) is 9.15. The van der Waals surface area contributed by atoms with Gasteiger partial charge in [0.05, 0.1) is 11.4 Å². The highest BCUT2D eigenvalue weighted by Gasteiger charge is 2.11. The molecule has 1 aromatic carbocycles. The third kappa shape index (κ3) is 2.29. The second-order valence-electron chi connectivity index (χ2n) is 4.00. The molecule has 3 rings (SSSR count). The first-order valence-corrected chi connectivity index (χ1v) is 7.21. The lowest BCUT2D eigenvalue weighted by Gasteiger charge is -1.97. The van der Waals surface area contributed by atoms with E-state index in [0.717, 1.165) is 21.4 Å². The van der Waals surface area contributed by atoms with Crippen LogP contribution in [0, 0.1) is 6.92 Å². The molecule has 0 spiro atoms. The van der Waals surface area contributed by atoms with Gasteiger partial charge in [-0.15, -0.1) is 11.3 Å². The minimum Gasteiger partial charge on any atom is -0.416 e. The molecule has 2 aromatic heterocycles. The van der Waals surface area contributed by atoms with Gasteiger partial charge in [0, 0.05) is 15.4 Å². The highest BCUT2D eigenvalue weighted by atomic mass is 79.9. The van der Waals surface area contributed by atoms with E-state index in [1.165, 1.54) is 22.2 Å². The van der Waals surface area contributed by atoms with E-state index < -0.39 is 5.76 Å². The lowest BCUT2D eigenvalue weighted by Crippen LogP contribution is -2.12. The van der Waals surface area contributed by atoms with Crippen LogP contribution in [0.2, 0.25) is 0 Å². The van der Waals surface area contributed by atoms with Gasteiger partial charge in [-0.3, -0.25) is 0 Å². The number of aryl methyl sites for hydroxylation is 1. The molecule has 0 saturated carbocycles. The highest BCUT2D eigenvalue weighted by molar-refractivity contribution is 9.10. The Bertz CT molecular complexity index is 771. The largest absolute Gasteiger partial charge is 0.425 e. The molecule has 96 valence electrons. The molecule has 4 nitrogen and oxygen atoms in total. The van der Waals surface area contributed by atoms with Crippen molar-refractivity contribution in [3.05, 3.63) is 56.6 Å². The third-order valence-corrected chi connectivity index (χ3v) is 4.04. The standard InChI is InChI=1S/C13H9BrN2O2S/c1-8-6-18-13(17)16(8)12-15-11(7-19-12)9-2-4-10(14)5-3-9/h2-7H,1H3. The molecule has 0 atom stereocenters. The molecule has 0 fully saturated rings. The second-order valence-corrected chi connectivity index (χ2v) is 5.75. The summed E-state index contributed by atoms with van der Waals surface area (Å²) in [7, 11) is 0. The topological polar surface area (TPSA) is 48.0 Å². The van der Waals surface area contributed by atoms with Gasteiger partial charge >= 0.3 is 5.76 Å². The summed E-state index contributed by atoms with van der Waals surface area (Å²) in [6.07, 6.45) is 1.43. The van der Waals surface area contributed by atoms with E-state index in [2.05, 4.69) is 20.9 Å². The number of thiazole rings is 1. The number of nitrogens with zero attached hydrogens (tertiary/aromatic N) is 2. The summed E-state index contributed by atoms with van der Waals surface area (Å²) in [6.45, 7) is 1.81. The molecule has 19 heavy (non-hydrogen) atoms. The van der Waals surface area contributed by atoms with Crippen molar-refractivity contribution in [2.45, 2.75) is 6.92 Å². The molecule has 2 heterocycles. The summed E-state index contributed by atoms with van der Waals surface area (Å²) in [5, 5.41) is 2.55. The molecule has 0 radical (unpaired) electrons. The van der Waals surface area contributed by atoms with Gasteiger partial charge in [-0.05, 0) is 19.1 Å². The van der Waals surface area contributed by atoms with E-state index in [4.69, 9.17) is 4.42 Å². The van der Waals surface area contributed by atoms with Crippen LogP contribution >= 0.6 is 27.3 Å². The molecule has 0 bridgehead atoms. The van der Waals surface area contributed by atoms with Gasteiger partial charge in [-0.2, -0.15) is 0 Å². The van der Waals surface area contributed by atoms with Gasteiger partial charge in [0.15, 0.2) is 5.13 Å². The van der Waals surface area contributed by atoms with Crippen LogP contribution in [0.15, 0.2) is 49.6 Å². The summed E-state index contributed by atoms with van der Waals surface area (Å²) in [6, 6.07) is 7.88. The van der Waals surface area contributed by atoms with Crippen LogP contribution in [0.5, 0.6) is 0 Å². The fourth-order valence-electron chi connectivity index (χ4n) is 1.73. The Morgan fingerprint density at radius 1 is 1.32 bits per heavy atom. The Morgan fingerprint density at radius 2 is 2.05 bits per heavy atom. The van der Waals surface area contributed by atoms with Crippen LogP contribution in [0.1, 0.15) is 5.69 Å².